The lowest BCUT2D eigenvalue weighted by atomic mass is 9.83. The smallest absolute Gasteiger partial charge is 0.124 e. The Morgan fingerprint density at radius 2 is 1.94 bits per heavy atom. The molecule has 1 saturated carbocycles. The van der Waals surface area contributed by atoms with Gasteiger partial charge < -0.3 is 5.11 Å². The van der Waals surface area contributed by atoms with Gasteiger partial charge in [0.15, 0.2) is 0 Å². The second-order valence-electron chi connectivity index (χ2n) is 4.51. The zero-order valence-electron chi connectivity index (χ0n) is 9.13. The molecular formula is C13H16FIO. The summed E-state index contributed by atoms with van der Waals surface area (Å²) in [5.41, 5.74) is 0.883. The lowest BCUT2D eigenvalue weighted by molar-refractivity contribution is 0.0841. The molecule has 88 valence electrons. The van der Waals surface area contributed by atoms with E-state index in [4.69, 9.17) is 0 Å². The molecule has 0 saturated heterocycles. The number of benzene rings is 1. The summed E-state index contributed by atoms with van der Waals surface area (Å²) >= 11 is 2.10. The zero-order valence-corrected chi connectivity index (χ0v) is 11.3. The zero-order chi connectivity index (χ0) is 11.5. The highest BCUT2D eigenvalue weighted by Crippen LogP contribution is 2.35. The van der Waals surface area contributed by atoms with Crippen molar-refractivity contribution in [1.29, 1.82) is 0 Å². The molecule has 1 nitrogen and oxygen atoms in total. The molecule has 16 heavy (non-hydrogen) atoms. The second-order valence-corrected chi connectivity index (χ2v) is 5.67. The van der Waals surface area contributed by atoms with E-state index >= 15 is 0 Å². The van der Waals surface area contributed by atoms with Gasteiger partial charge in [0.05, 0.1) is 6.10 Å². The maximum Gasteiger partial charge on any atom is 0.124 e. The maximum atomic E-state index is 13.0. The highest BCUT2D eigenvalue weighted by atomic mass is 127. The van der Waals surface area contributed by atoms with Gasteiger partial charge in [-0.25, -0.2) is 4.39 Å². The van der Waals surface area contributed by atoms with Crippen LogP contribution in [0.1, 0.15) is 43.8 Å². The largest absolute Gasteiger partial charge is 0.388 e. The van der Waals surface area contributed by atoms with Crippen molar-refractivity contribution in [2.24, 2.45) is 5.92 Å². The fourth-order valence-electron chi connectivity index (χ4n) is 2.45. The van der Waals surface area contributed by atoms with Crippen molar-refractivity contribution in [1.82, 2.24) is 0 Å². The predicted molar refractivity (Wildman–Crippen MR) is 70.7 cm³/mol. The van der Waals surface area contributed by atoms with E-state index in [1.807, 2.05) is 0 Å². The standard InChI is InChI=1S/C13H16FIO/c14-10-6-7-11(12(15)8-10)13(16)9-4-2-1-3-5-9/h6-9,13,16H,1-5H2. The SMILES string of the molecule is OC(c1ccc(F)cc1I)C1CCCCC1. The van der Waals surface area contributed by atoms with Crippen LogP contribution in [0.3, 0.4) is 0 Å². The van der Waals surface area contributed by atoms with Crippen molar-refractivity contribution in [2.45, 2.75) is 38.2 Å². The third kappa shape index (κ3) is 2.74. The van der Waals surface area contributed by atoms with Gasteiger partial charge in [-0.1, -0.05) is 25.3 Å². The molecule has 2 rings (SSSR count). The summed E-state index contributed by atoms with van der Waals surface area (Å²) in [7, 11) is 0. The maximum absolute atomic E-state index is 13.0. The Morgan fingerprint density at radius 1 is 1.25 bits per heavy atom. The molecule has 1 N–H and O–H groups in total. The lowest BCUT2D eigenvalue weighted by Gasteiger charge is -2.27. The first-order valence-corrected chi connectivity index (χ1v) is 6.89. The Kier molecular flexibility index (Phi) is 4.19. The van der Waals surface area contributed by atoms with Gasteiger partial charge >= 0.3 is 0 Å². The van der Waals surface area contributed by atoms with Gasteiger partial charge in [-0.05, 0) is 59.0 Å². The Hall–Kier alpha value is -0.160. The number of hydrogen-bond acceptors (Lipinski definition) is 1. The van der Waals surface area contributed by atoms with Gasteiger partial charge in [-0.2, -0.15) is 0 Å². The van der Waals surface area contributed by atoms with Crippen LogP contribution >= 0.6 is 22.6 Å². The molecule has 3 heteroatoms. The monoisotopic (exact) mass is 334 g/mol. The van der Waals surface area contributed by atoms with E-state index in [9.17, 15) is 9.50 Å². The first-order chi connectivity index (χ1) is 7.68. The number of rotatable bonds is 2. The molecule has 1 unspecified atom stereocenters. The normalized spacial score (nSPS) is 19.7. The molecule has 1 atom stereocenters. The average Bonchev–Trinajstić information content (AvgIpc) is 2.29. The average molecular weight is 334 g/mol. The third-order valence-corrected chi connectivity index (χ3v) is 4.31. The van der Waals surface area contributed by atoms with Crippen LogP contribution in [0.4, 0.5) is 4.39 Å². The van der Waals surface area contributed by atoms with Crippen LogP contribution in [-0.2, 0) is 0 Å². The van der Waals surface area contributed by atoms with Crippen LogP contribution in [-0.4, -0.2) is 5.11 Å². The van der Waals surface area contributed by atoms with Gasteiger partial charge in [0.1, 0.15) is 5.82 Å². The fourth-order valence-corrected chi connectivity index (χ4v) is 3.24. The first kappa shape index (κ1) is 12.3. The molecular weight excluding hydrogens is 318 g/mol. The summed E-state index contributed by atoms with van der Waals surface area (Å²) in [5.74, 6) is 0.122. The van der Waals surface area contributed by atoms with Crippen molar-refractivity contribution in [3.05, 3.63) is 33.1 Å². The Balaban J connectivity index is 2.15. The number of hydrogen-bond donors (Lipinski definition) is 1. The summed E-state index contributed by atoms with van der Waals surface area (Å²) < 4.78 is 13.8. The number of aliphatic hydroxyl groups excluding tert-OH is 1. The molecule has 1 aliphatic rings. The van der Waals surface area contributed by atoms with Crippen LogP contribution in [0.25, 0.3) is 0 Å². The molecule has 1 aliphatic carbocycles. The Labute approximate surface area is 109 Å². The molecule has 0 bridgehead atoms. The van der Waals surface area contributed by atoms with E-state index in [0.717, 1.165) is 22.0 Å². The number of aliphatic hydroxyl groups is 1. The quantitative estimate of drug-likeness (QED) is 0.810. The Bertz CT molecular complexity index is 361. The van der Waals surface area contributed by atoms with E-state index in [1.165, 1.54) is 31.4 Å². The fraction of sp³-hybridized carbons (Fsp3) is 0.538. The van der Waals surface area contributed by atoms with Crippen molar-refractivity contribution in [2.75, 3.05) is 0 Å². The van der Waals surface area contributed by atoms with E-state index in [2.05, 4.69) is 22.6 Å². The molecule has 1 aromatic carbocycles. The number of halogens is 2. The minimum Gasteiger partial charge on any atom is -0.388 e. The van der Waals surface area contributed by atoms with Crippen molar-refractivity contribution in [3.63, 3.8) is 0 Å². The van der Waals surface area contributed by atoms with Crippen molar-refractivity contribution < 1.29 is 9.50 Å². The van der Waals surface area contributed by atoms with Gasteiger partial charge in [-0.3, -0.25) is 0 Å². The van der Waals surface area contributed by atoms with Crippen LogP contribution in [0.15, 0.2) is 18.2 Å². The summed E-state index contributed by atoms with van der Waals surface area (Å²) in [4.78, 5) is 0. The predicted octanol–water partition coefficient (Wildman–Crippen LogP) is 4.04. The van der Waals surface area contributed by atoms with E-state index in [-0.39, 0.29) is 5.82 Å². The van der Waals surface area contributed by atoms with Crippen LogP contribution in [0, 0.1) is 15.3 Å². The van der Waals surface area contributed by atoms with Crippen LogP contribution < -0.4 is 0 Å². The highest BCUT2D eigenvalue weighted by Gasteiger charge is 2.24. The molecule has 0 amide bonds. The minimum absolute atomic E-state index is 0.232. The van der Waals surface area contributed by atoms with Gasteiger partial charge in [-0.15, -0.1) is 0 Å². The summed E-state index contributed by atoms with van der Waals surface area (Å²) in [5, 5.41) is 10.3. The van der Waals surface area contributed by atoms with Crippen molar-refractivity contribution >= 4 is 22.6 Å². The minimum atomic E-state index is -0.423. The summed E-state index contributed by atoms with van der Waals surface area (Å²) in [6.07, 6.45) is 5.46. The lowest BCUT2D eigenvalue weighted by Crippen LogP contribution is -2.16. The topological polar surface area (TPSA) is 20.2 Å². The van der Waals surface area contributed by atoms with Gasteiger partial charge in [0.2, 0.25) is 0 Å². The van der Waals surface area contributed by atoms with Crippen LogP contribution in [0.2, 0.25) is 0 Å². The van der Waals surface area contributed by atoms with Crippen LogP contribution in [0.5, 0.6) is 0 Å². The summed E-state index contributed by atoms with van der Waals surface area (Å²) in [6, 6.07) is 4.64. The molecule has 0 heterocycles. The highest BCUT2D eigenvalue weighted by molar-refractivity contribution is 14.1. The molecule has 1 fully saturated rings. The van der Waals surface area contributed by atoms with E-state index in [1.54, 1.807) is 6.07 Å². The van der Waals surface area contributed by atoms with E-state index < -0.39 is 6.10 Å². The second kappa shape index (κ2) is 5.45. The molecule has 0 aromatic heterocycles. The molecule has 0 aliphatic heterocycles. The molecule has 0 spiro atoms. The van der Waals surface area contributed by atoms with Gasteiger partial charge in [0, 0.05) is 3.57 Å². The third-order valence-electron chi connectivity index (χ3n) is 3.38. The van der Waals surface area contributed by atoms with E-state index in [0.29, 0.717) is 5.92 Å². The van der Waals surface area contributed by atoms with Gasteiger partial charge in [0.25, 0.3) is 0 Å². The Morgan fingerprint density at radius 3 is 2.56 bits per heavy atom. The molecule has 1 aromatic rings. The van der Waals surface area contributed by atoms with Crippen molar-refractivity contribution in [3.8, 4) is 0 Å². The molecule has 0 radical (unpaired) electrons. The first-order valence-electron chi connectivity index (χ1n) is 5.81. The summed E-state index contributed by atoms with van der Waals surface area (Å²) in [6.45, 7) is 0.